The predicted octanol–water partition coefficient (Wildman–Crippen LogP) is 2.28. The summed E-state index contributed by atoms with van der Waals surface area (Å²) in [5.74, 6) is -0.690. The zero-order valence-corrected chi connectivity index (χ0v) is 16.0. The van der Waals surface area contributed by atoms with Gasteiger partial charge in [0, 0.05) is 10.7 Å². The zero-order valence-electron chi connectivity index (χ0n) is 15.3. The monoisotopic (exact) mass is 413 g/mol. The molecule has 2 atom stereocenters. The maximum absolute atomic E-state index is 12.9. The molecule has 0 aromatic heterocycles. The molecule has 2 aliphatic heterocycles. The maximum atomic E-state index is 12.9. The highest BCUT2D eigenvalue weighted by Gasteiger charge is 2.55. The molecule has 9 nitrogen and oxygen atoms in total. The molecule has 0 aliphatic carbocycles. The summed E-state index contributed by atoms with van der Waals surface area (Å²) in [4.78, 5) is 38.9. The van der Waals surface area contributed by atoms with Crippen molar-refractivity contribution in [1.29, 1.82) is 0 Å². The third-order valence-corrected chi connectivity index (χ3v) is 4.87. The Labute approximate surface area is 170 Å². The van der Waals surface area contributed by atoms with E-state index < -0.39 is 23.9 Å². The average molecular weight is 414 g/mol. The van der Waals surface area contributed by atoms with Crippen LogP contribution in [0.1, 0.15) is 0 Å². The van der Waals surface area contributed by atoms with Crippen molar-refractivity contribution >= 4 is 40.7 Å². The first-order chi connectivity index (χ1) is 14.0. The molecule has 4 rings (SSSR count). The molecule has 2 aromatic rings. The number of anilines is 2. The Hall–Kier alpha value is -3.46. The zero-order chi connectivity index (χ0) is 20.5. The van der Waals surface area contributed by atoms with Gasteiger partial charge in [-0.05, 0) is 48.5 Å². The smallest absolute Gasteiger partial charge is 0.263 e. The summed E-state index contributed by atoms with van der Waals surface area (Å²) in [5.41, 5.74) is 0.969. The van der Waals surface area contributed by atoms with E-state index >= 15 is 0 Å². The van der Waals surface area contributed by atoms with Crippen molar-refractivity contribution in [3.8, 4) is 5.75 Å². The normalized spacial score (nSPS) is 20.2. The lowest BCUT2D eigenvalue weighted by atomic mass is 10.1. The molecule has 148 valence electrons. The number of carbonyl (C=O) groups is 3. The van der Waals surface area contributed by atoms with Gasteiger partial charge < -0.3 is 10.1 Å². The van der Waals surface area contributed by atoms with Gasteiger partial charge in [-0.3, -0.25) is 19.4 Å². The van der Waals surface area contributed by atoms with Crippen LogP contribution in [0.15, 0.2) is 58.9 Å². The number of methoxy groups -OCH3 is 1. The topological polar surface area (TPSA) is 104 Å². The van der Waals surface area contributed by atoms with Gasteiger partial charge in [-0.25, -0.2) is 4.90 Å². The highest BCUT2D eigenvalue weighted by molar-refractivity contribution is 6.31. The van der Waals surface area contributed by atoms with Crippen molar-refractivity contribution in [3.05, 3.63) is 53.6 Å². The van der Waals surface area contributed by atoms with Gasteiger partial charge >= 0.3 is 0 Å². The van der Waals surface area contributed by atoms with Gasteiger partial charge in [0.2, 0.25) is 5.91 Å². The lowest BCUT2D eigenvalue weighted by Gasteiger charge is -2.20. The van der Waals surface area contributed by atoms with E-state index in [9.17, 15) is 14.4 Å². The largest absolute Gasteiger partial charge is 0.497 e. The molecular weight excluding hydrogens is 398 g/mol. The van der Waals surface area contributed by atoms with E-state index in [1.807, 2.05) is 0 Å². The predicted molar refractivity (Wildman–Crippen MR) is 105 cm³/mol. The van der Waals surface area contributed by atoms with Crippen molar-refractivity contribution in [3.63, 3.8) is 0 Å². The summed E-state index contributed by atoms with van der Waals surface area (Å²) in [5, 5.41) is 12.2. The lowest BCUT2D eigenvalue weighted by Crippen LogP contribution is -2.43. The first-order valence-electron chi connectivity index (χ1n) is 8.72. The summed E-state index contributed by atoms with van der Waals surface area (Å²) < 4.78 is 5.07. The fourth-order valence-electron chi connectivity index (χ4n) is 3.22. The van der Waals surface area contributed by atoms with Crippen LogP contribution in [0.2, 0.25) is 5.02 Å². The number of benzene rings is 2. The van der Waals surface area contributed by atoms with E-state index in [0.717, 1.165) is 4.90 Å². The van der Waals surface area contributed by atoms with Gasteiger partial charge in [-0.15, -0.1) is 0 Å². The number of imide groups is 1. The number of halogens is 1. The van der Waals surface area contributed by atoms with E-state index in [1.165, 1.54) is 5.01 Å². The maximum Gasteiger partial charge on any atom is 0.263 e. The van der Waals surface area contributed by atoms with E-state index in [-0.39, 0.29) is 12.5 Å². The quantitative estimate of drug-likeness (QED) is 0.757. The van der Waals surface area contributed by atoms with E-state index in [2.05, 4.69) is 15.7 Å². The molecule has 2 aromatic carbocycles. The fraction of sp³-hybridized carbons (Fsp3) is 0.211. The van der Waals surface area contributed by atoms with Crippen LogP contribution >= 0.6 is 11.6 Å². The number of ether oxygens (including phenoxy) is 1. The third kappa shape index (κ3) is 3.52. The molecule has 3 amide bonds. The van der Waals surface area contributed by atoms with Crippen LogP contribution in [0, 0.1) is 0 Å². The van der Waals surface area contributed by atoms with Crippen LogP contribution in [0.3, 0.4) is 0 Å². The summed E-state index contributed by atoms with van der Waals surface area (Å²) in [7, 11) is 1.55. The number of amides is 3. The van der Waals surface area contributed by atoms with Crippen molar-refractivity contribution < 1.29 is 19.1 Å². The van der Waals surface area contributed by atoms with Crippen LogP contribution in [0.25, 0.3) is 0 Å². The second-order valence-electron chi connectivity index (χ2n) is 6.46. The minimum atomic E-state index is -0.966. The summed E-state index contributed by atoms with van der Waals surface area (Å²) >= 11 is 5.87. The van der Waals surface area contributed by atoms with Crippen molar-refractivity contribution in [2.45, 2.75) is 12.1 Å². The fourth-order valence-corrected chi connectivity index (χ4v) is 3.35. The van der Waals surface area contributed by atoms with Gasteiger partial charge in [0.25, 0.3) is 11.8 Å². The second kappa shape index (κ2) is 7.51. The van der Waals surface area contributed by atoms with Gasteiger partial charge in [0.15, 0.2) is 12.1 Å². The highest BCUT2D eigenvalue weighted by Crippen LogP contribution is 2.32. The molecule has 1 fully saturated rings. The number of hydrogen-bond acceptors (Lipinski definition) is 7. The lowest BCUT2D eigenvalue weighted by molar-refractivity contribution is -0.123. The number of nitrogens with one attached hydrogen (secondary N) is 1. The molecule has 0 bridgehead atoms. The molecule has 2 heterocycles. The minimum Gasteiger partial charge on any atom is -0.497 e. The average Bonchev–Trinajstić information content (AvgIpc) is 3.23. The Bertz CT molecular complexity index is 993. The van der Waals surface area contributed by atoms with Crippen LogP contribution in [0.4, 0.5) is 11.4 Å². The standard InChI is InChI=1S/C19H16ClN5O4/c1-29-14-8-4-12(5-9-14)21-15(26)10-24-17-16(22-23-24)18(27)25(19(17)28)13-6-2-11(20)3-7-13/h2-9,16-17H,10H2,1H3,(H,21,26)/t16-,17+/m1/s1. The Balaban J connectivity index is 1.45. The van der Waals surface area contributed by atoms with Crippen LogP contribution in [-0.4, -0.2) is 48.5 Å². The summed E-state index contributed by atoms with van der Waals surface area (Å²) in [6, 6.07) is 11.2. The van der Waals surface area contributed by atoms with Gasteiger partial charge in [0.1, 0.15) is 12.3 Å². The Morgan fingerprint density at radius 2 is 1.79 bits per heavy atom. The van der Waals surface area contributed by atoms with Gasteiger partial charge in [-0.2, -0.15) is 5.11 Å². The van der Waals surface area contributed by atoms with Crippen LogP contribution in [0.5, 0.6) is 5.75 Å². The molecule has 0 saturated carbocycles. The summed E-state index contributed by atoms with van der Waals surface area (Å²) in [6.45, 7) is -0.218. The van der Waals surface area contributed by atoms with Crippen LogP contribution < -0.4 is 15.0 Å². The van der Waals surface area contributed by atoms with Crippen molar-refractivity contribution in [1.82, 2.24) is 5.01 Å². The molecular formula is C19H16ClN5O4. The first-order valence-corrected chi connectivity index (χ1v) is 9.10. The highest BCUT2D eigenvalue weighted by atomic mass is 35.5. The molecule has 2 aliphatic rings. The Morgan fingerprint density at radius 3 is 2.45 bits per heavy atom. The second-order valence-corrected chi connectivity index (χ2v) is 6.89. The Kier molecular flexibility index (Phi) is 4.89. The van der Waals surface area contributed by atoms with Gasteiger partial charge in [-0.1, -0.05) is 16.8 Å². The van der Waals surface area contributed by atoms with Crippen LogP contribution in [-0.2, 0) is 14.4 Å². The number of nitrogens with zero attached hydrogens (tertiary/aromatic N) is 4. The molecule has 0 unspecified atom stereocenters. The Morgan fingerprint density at radius 1 is 1.10 bits per heavy atom. The third-order valence-electron chi connectivity index (χ3n) is 4.62. The molecule has 0 radical (unpaired) electrons. The molecule has 0 spiro atoms. The molecule has 1 N–H and O–H groups in total. The first kappa shape index (κ1) is 18.9. The number of rotatable bonds is 5. The minimum absolute atomic E-state index is 0.218. The van der Waals surface area contributed by atoms with E-state index in [0.29, 0.717) is 22.1 Å². The van der Waals surface area contributed by atoms with Crippen molar-refractivity contribution in [2.75, 3.05) is 23.9 Å². The number of carbonyl (C=O) groups excluding carboxylic acids is 3. The van der Waals surface area contributed by atoms with E-state index in [1.54, 1.807) is 55.6 Å². The number of fused-ring (bicyclic) bond motifs is 1. The van der Waals surface area contributed by atoms with Gasteiger partial charge in [0.05, 0.1) is 12.8 Å². The molecule has 29 heavy (non-hydrogen) atoms. The van der Waals surface area contributed by atoms with Crippen molar-refractivity contribution in [2.24, 2.45) is 10.3 Å². The van der Waals surface area contributed by atoms with E-state index in [4.69, 9.17) is 16.3 Å². The number of hydrogen-bond donors (Lipinski definition) is 1. The molecule has 1 saturated heterocycles. The molecule has 10 heteroatoms. The summed E-state index contributed by atoms with van der Waals surface area (Å²) in [6.07, 6.45) is 0. The SMILES string of the molecule is COc1ccc(NC(=O)CN2N=N[C@H]3C(=O)N(c4ccc(Cl)cc4)C(=O)[C@H]32)cc1.